The Hall–Kier alpha value is -1.56. The van der Waals surface area contributed by atoms with Crippen LogP contribution in [0, 0.1) is 5.41 Å². The van der Waals surface area contributed by atoms with Crippen LogP contribution in [-0.4, -0.2) is 35.3 Å². The van der Waals surface area contributed by atoms with Crippen molar-refractivity contribution < 1.29 is 4.79 Å². The van der Waals surface area contributed by atoms with Crippen LogP contribution in [0.4, 0.5) is 0 Å². The summed E-state index contributed by atoms with van der Waals surface area (Å²) in [6.07, 6.45) is 3.95. The van der Waals surface area contributed by atoms with Crippen molar-refractivity contribution in [1.29, 1.82) is 0 Å². The quantitative estimate of drug-likeness (QED) is 0.759. The zero-order chi connectivity index (χ0) is 19.7. The van der Waals surface area contributed by atoms with Gasteiger partial charge in [0.05, 0.1) is 16.1 Å². The number of aromatic nitrogens is 2. The third-order valence-corrected chi connectivity index (χ3v) is 5.59. The third-order valence-electron chi connectivity index (χ3n) is 5.26. The molecule has 2 heterocycles. The predicted molar refractivity (Wildman–Crippen MR) is 117 cm³/mol. The second kappa shape index (κ2) is 8.85. The van der Waals surface area contributed by atoms with E-state index in [1.54, 1.807) is 0 Å². The van der Waals surface area contributed by atoms with Gasteiger partial charge in [-0.05, 0) is 58.2 Å². The Morgan fingerprint density at radius 2 is 1.93 bits per heavy atom. The maximum absolute atomic E-state index is 13.1. The summed E-state index contributed by atoms with van der Waals surface area (Å²) in [6.45, 7) is 11.1. The van der Waals surface area contributed by atoms with Crippen molar-refractivity contribution in [2.45, 2.75) is 46.1 Å². The number of carbonyl (C=O) groups excluding carboxylic acids is 1. The molecule has 2 aromatic rings. The van der Waals surface area contributed by atoms with E-state index in [1.165, 1.54) is 0 Å². The molecule has 1 saturated heterocycles. The second-order valence-corrected chi connectivity index (χ2v) is 9.14. The number of halogens is 2. The molecule has 0 saturated carbocycles. The molecule has 0 aliphatic carbocycles. The molecule has 154 valence electrons. The Kier molecular flexibility index (Phi) is 7.18. The van der Waals surface area contributed by atoms with Gasteiger partial charge in [0, 0.05) is 18.3 Å². The zero-order valence-corrected chi connectivity index (χ0v) is 18.6. The molecule has 1 aromatic heterocycles. The number of amides is 1. The average molecular weight is 425 g/mol. The first-order valence-corrected chi connectivity index (χ1v) is 9.91. The summed E-state index contributed by atoms with van der Waals surface area (Å²) in [5.74, 6) is -0.0971. The van der Waals surface area contributed by atoms with Crippen LogP contribution >= 0.6 is 24.0 Å². The minimum absolute atomic E-state index is 0. The van der Waals surface area contributed by atoms with Gasteiger partial charge in [-0.3, -0.25) is 9.48 Å². The fourth-order valence-corrected chi connectivity index (χ4v) is 3.56. The molecule has 0 radical (unpaired) electrons. The van der Waals surface area contributed by atoms with Gasteiger partial charge in [-0.2, -0.15) is 5.10 Å². The van der Waals surface area contributed by atoms with Crippen LogP contribution in [0.2, 0.25) is 5.02 Å². The first-order chi connectivity index (χ1) is 12.7. The number of hydrogen-bond acceptors (Lipinski definition) is 3. The molecule has 28 heavy (non-hydrogen) atoms. The molecule has 1 aromatic carbocycles. The van der Waals surface area contributed by atoms with Gasteiger partial charge in [-0.1, -0.05) is 36.7 Å². The van der Waals surface area contributed by atoms with Crippen LogP contribution in [0.1, 0.15) is 50.9 Å². The van der Waals surface area contributed by atoms with E-state index in [2.05, 4.69) is 38.3 Å². The molecule has 1 amide bonds. The lowest BCUT2D eigenvalue weighted by Crippen LogP contribution is -2.42. The van der Waals surface area contributed by atoms with Crippen molar-refractivity contribution in [3.8, 4) is 11.3 Å². The predicted octanol–water partition coefficient (Wildman–Crippen LogP) is 4.50. The summed E-state index contributed by atoms with van der Waals surface area (Å²) in [7, 11) is 0. The van der Waals surface area contributed by atoms with Gasteiger partial charge < -0.3 is 10.6 Å². The molecule has 1 fully saturated rings. The van der Waals surface area contributed by atoms with Crippen LogP contribution in [0.25, 0.3) is 11.3 Å². The summed E-state index contributed by atoms with van der Waals surface area (Å²) < 4.78 is 1.84. The zero-order valence-electron chi connectivity index (χ0n) is 17.0. The van der Waals surface area contributed by atoms with E-state index >= 15 is 0 Å². The highest BCUT2D eigenvalue weighted by molar-refractivity contribution is 6.33. The molecule has 7 heteroatoms. The average Bonchev–Trinajstić information content (AvgIpc) is 3.06. The Bertz CT molecular complexity index is 820. The Morgan fingerprint density at radius 1 is 1.29 bits per heavy atom. The van der Waals surface area contributed by atoms with Crippen molar-refractivity contribution in [2.24, 2.45) is 5.41 Å². The highest BCUT2D eigenvalue weighted by atomic mass is 35.5. The van der Waals surface area contributed by atoms with Gasteiger partial charge in [0.25, 0.3) is 5.91 Å². The van der Waals surface area contributed by atoms with Gasteiger partial charge in [-0.25, -0.2) is 0 Å². The third kappa shape index (κ3) is 5.07. The molecule has 5 nitrogen and oxygen atoms in total. The largest absolute Gasteiger partial charge is 0.351 e. The van der Waals surface area contributed by atoms with E-state index in [0.29, 0.717) is 22.8 Å². The fraction of sp³-hybridized carbons (Fsp3) is 0.524. The molecule has 1 aliphatic rings. The molecule has 1 aliphatic heterocycles. The Labute approximate surface area is 178 Å². The number of hydrogen-bond donors (Lipinski definition) is 2. The van der Waals surface area contributed by atoms with Crippen LogP contribution < -0.4 is 10.6 Å². The number of nitrogens with one attached hydrogen (secondary N) is 2. The Balaban J connectivity index is 0.00000280. The molecular weight excluding hydrogens is 395 g/mol. The second-order valence-electron chi connectivity index (χ2n) is 8.73. The lowest BCUT2D eigenvalue weighted by molar-refractivity contribution is 0.0922. The minimum atomic E-state index is -0.227. The molecule has 0 unspecified atom stereocenters. The number of rotatable bonds is 4. The first-order valence-electron chi connectivity index (χ1n) is 9.54. The van der Waals surface area contributed by atoms with Gasteiger partial charge in [0.15, 0.2) is 0 Å². The number of benzene rings is 1. The van der Waals surface area contributed by atoms with E-state index in [4.69, 9.17) is 16.7 Å². The SMILES string of the molecule is CC1(CNC(=O)c2cn(C(C)(C)C)nc2-c2ccccc2Cl)CCNCC1.Cl. The van der Waals surface area contributed by atoms with Gasteiger partial charge in [-0.15, -0.1) is 12.4 Å². The fourth-order valence-electron chi connectivity index (χ4n) is 3.33. The summed E-state index contributed by atoms with van der Waals surface area (Å²) in [4.78, 5) is 13.1. The highest BCUT2D eigenvalue weighted by Gasteiger charge is 2.29. The first kappa shape index (κ1) is 22.7. The van der Waals surface area contributed by atoms with Gasteiger partial charge in [0.2, 0.25) is 0 Å². The number of carbonyl (C=O) groups is 1. The standard InChI is InChI=1S/C21H29ClN4O.ClH/c1-20(2,3)26-13-16(18(25-26)15-7-5-6-8-17(15)22)19(27)24-14-21(4)9-11-23-12-10-21;/h5-8,13,23H,9-12,14H2,1-4H3,(H,24,27);1H. The van der Waals surface area contributed by atoms with Gasteiger partial charge in [0.1, 0.15) is 5.69 Å². The summed E-state index contributed by atoms with van der Waals surface area (Å²) in [6, 6.07) is 7.52. The molecule has 0 spiro atoms. The summed E-state index contributed by atoms with van der Waals surface area (Å²) >= 11 is 6.39. The van der Waals surface area contributed by atoms with Crippen molar-refractivity contribution >= 4 is 29.9 Å². The van der Waals surface area contributed by atoms with Crippen LogP contribution in [-0.2, 0) is 5.54 Å². The molecule has 2 N–H and O–H groups in total. The smallest absolute Gasteiger partial charge is 0.255 e. The molecule has 0 bridgehead atoms. The van der Waals surface area contributed by atoms with E-state index in [-0.39, 0.29) is 29.3 Å². The van der Waals surface area contributed by atoms with Gasteiger partial charge >= 0.3 is 0 Å². The Morgan fingerprint density at radius 3 is 2.54 bits per heavy atom. The van der Waals surface area contributed by atoms with Crippen LogP contribution in [0.15, 0.2) is 30.5 Å². The lowest BCUT2D eigenvalue weighted by atomic mass is 9.81. The molecule has 3 rings (SSSR count). The maximum Gasteiger partial charge on any atom is 0.255 e. The monoisotopic (exact) mass is 424 g/mol. The van der Waals surface area contributed by atoms with Crippen molar-refractivity contribution in [1.82, 2.24) is 20.4 Å². The van der Waals surface area contributed by atoms with E-state index in [0.717, 1.165) is 31.5 Å². The van der Waals surface area contributed by atoms with Crippen LogP contribution in [0.3, 0.4) is 0 Å². The van der Waals surface area contributed by atoms with E-state index < -0.39 is 0 Å². The van der Waals surface area contributed by atoms with Crippen molar-refractivity contribution in [2.75, 3.05) is 19.6 Å². The normalized spacial score (nSPS) is 16.3. The number of nitrogens with zero attached hydrogens (tertiary/aromatic N) is 2. The topological polar surface area (TPSA) is 59.0 Å². The minimum Gasteiger partial charge on any atom is -0.351 e. The van der Waals surface area contributed by atoms with Crippen LogP contribution in [0.5, 0.6) is 0 Å². The van der Waals surface area contributed by atoms with Crippen molar-refractivity contribution in [3.63, 3.8) is 0 Å². The van der Waals surface area contributed by atoms with E-state index in [1.807, 2.05) is 35.1 Å². The summed E-state index contributed by atoms with van der Waals surface area (Å²) in [5, 5.41) is 11.8. The highest BCUT2D eigenvalue weighted by Crippen LogP contribution is 2.31. The lowest BCUT2D eigenvalue weighted by Gasteiger charge is -2.34. The maximum atomic E-state index is 13.1. The number of piperidine rings is 1. The van der Waals surface area contributed by atoms with Crippen molar-refractivity contribution in [3.05, 3.63) is 41.0 Å². The molecular formula is C21H30Cl2N4O. The molecule has 0 atom stereocenters. The van der Waals surface area contributed by atoms with E-state index in [9.17, 15) is 4.79 Å². The summed E-state index contributed by atoms with van der Waals surface area (Å²) in [5.41, 5.74) is 1.88.